The topological polar surface area (TPSA) is 106 Å². The van der Waals surface area contributed by atoms with E-state index >= 15 is 0 Å². The number of aliphatic hydroxyl groups is 1. The zero-order chi connectivity index (χ0) is 23.4. The van der Waals surface area contributed by atoms with Crippen LogP contribution >= 0.6 is 0 Å². The third-order valence-electron chi connectivity index (χ3n) is 5.59. The molecule has 4 rings (SSSR count). The minimum atomic E-state index is -4.09. The van der Waals surface area contributed by atoms with Gasteiger partial charge >= 0.3 is 0 Å². The molecule has 2 heterocycles. The van der Waals surface area contributed by atoms with E-state index in [1.807, 2.05) is 0 Å². The van der Waals surface area contributed by atoms with Crippen LogP contribution in [0.1, 0.15) is 19.3 Å². The van der Waals surface area contributed by atoms with Gasteiger partial charge in [0.05, 0.1) is 31.1 Å². The van der Waals surface area contributed by atoms with E-state index in [4.69, 9.17) is 4.74 Å². The molecular formula is C22H24F2N4O4S. The van der Waals surface area contributed by atoms with Crippen LogP contribution in [0.5, 0.6) is 0 Å². The fourth-order valence-electron chi connectivity index (χ4n) is 3.84. The van der Waals surface area contributed by atoms with Gasteiger partial charge in [-0.25, -0.2) is 21.9 Å². The molecule has 11 heteroatoms. The molecule has 1 aromatic heterocycles. The van der Waals surface area contributed by atoms with Crippen molar-refractivity contribution in [3.8, 4) is 11.3 Å². The second-order valence-electron chi connectivity index (χ2n) is 7.88. The molecule has 2 aromatic carbocycles. The Morgan fingerprint density at radius 1 is 1.12 bits per heavy atom. The van der Waals surface area contributed by atoms with Crippen LogP contribution in [0.25, 0.3) is 11.3 Å². The van der Waals surface area contributed by atoms with Gasteiger partial charge in [0.25, 0.3) is 0 Å². The first-order valence-electron chi connectivity index (χ1n) is 10.5. The molecular weight excluding hydrogens is 454 g/mol. The molecule has 0 amide bonds. The molecule has 0 radical (unpaired) electrons. The molecule has 0 spiro atoms. The van der Waals surface area contributed by atoms with Crippen molar-refractivity contribution in [3.05, 3.63) is 66.4 Å². The summed E-state index contributed by atoms with van der Waals surface area (Å²) in [6, 6.07) is 10.4. The highest BCUT2D eigenvalue weighted by Crippen LogP contribution is 2.25. The molecule has 3 atom stereocenters. The quantitative estimate of drug-likeness (QED) is 0.515. The SMILES string of the molecule is O=S(=O)(N[C@H]1CC[C@H](CCn2cc(-c3ccc(F)cc3)nn2)O[C@@H]1CO)c1ccccc1F. The van der Waals surface area contributed by atoms with Crippen molar-refractivity contribution in [1.29, 1.82) is 0 Å². The summed E-state index contributed by atoms with van der Waals surface area (Å²) in [7, 11) is -4.09. The van der Waals surface area contributed by atoms with E-state index in [-0.39, 0.29) is 18.5 Å². The molecule has 33 heavy (non-hydrogen) atoms. The van der Waals surface area contributed by atoms with Crippen LogP contribution in [-0.2, 0) is 21.3 Å². The minimum absolute atomic E-state index is 0.213. The Balaban J connectivity index is 1.34. The van der Waals surface area contributed by atoms with Gasteiger partial charge < -0.3 is 9.84 Å². The van der Waals surface area contributed by atoms with Gasteiger partial charge in [-0.3, -0.25) is 4.68 Å². The number of aliphatic hydroxyl groups excluding tert-OH is 1. The van der Waals surface area contributed by atoms with Crippen molar-refractivity contribution in [2.24, 2.45) is 0 Å². The summed E-state index contributed by atoms with van der Waals surface area (Å²) in [4.78, 5) is -0.438. The fraction of sp³-hybridized carbons (Fsp3) is 0.364. The van der Waals surface area contributed by atoms with Crippen LogP contribution < -0.4 is 4.72 Å². The molecule has 2 N–H and O–H groups in total. The van der Waals surface area contributed by atoms with E-state index in [1.54, 1.807) is 23.0 Å². The lowest BCUT2D eigenvalue weighted by Crippen LogP contribution is -2.51. The van der Waals surface area contributed by atoms with E-state index in [9.17, 15) is 22.3 Å². The predicted molar refractivity (Wildman–Crippen MR) is 116 cm³/mol. The summed E-state index contributed by atoms with van der Waals surface area (Å²) < 4.78 is 62.2. The van der Waals surface area contributed by atoms with Crippen LogP contribution in [0.2, 0.25) is 0 Å². The summed E-state index contributed by atoms with van der Waals surface area (Å²) in [5, 5.41) is 17.9. The van der Waals surface area contributed by atoms with E-state index in [0.717, 1.165) is 11.6 Å². The number of nitrogens with zero attached hydrogens (tertiary/aromatic N) is 3. The number of hydrogen-bond acceptors (Lipinski definition) is 6. The normalized spacial score (nSPS) is 21.2. The second kappa shape index (κ2) is 10.0. The Labute approximate surface area is 190 Å². The first kappa shape index (κ1) is 23.4. The summed E-state index contributed by atoms with van der Waals surface area (Å²) in [6.45, 7) is 0.127. The number of aryl methyl sites for hydroxylation is 1. The smallest absolute Gasteiger partial charge is 0.243 e. The van der Waals surface area contributed by atoms with Crippen molar-refractivity contribution in [2.75, 3.05) is 6.61 Å². The van der Waals surface area contributed by atoms with Crippen molar-refractivity contribution in [1.82, 2.24) is 19.7 Å². The number of nitrogens with one attached hydrogen (secondary N) is 1. The highest BCUT2D eigenvalue weighted by atomic mass is 32.2. The molecule has 1 fully saturated rings. The zero-order valence-electron chi connectivity index (χ0n) is 17.6. The summed E-state index contributed by atoms with van der Waals surface area (Å²) in [5.74, 6) is -1.17. The highest BCUT2D eigenvalue weighted by Gasteiger charge is 2.34. The Bertz CT molecular complexity index is 1190. The first-order valence-corrected chi connectivity index (χ1v) is 12.0. The van der Waals surface area contributed by atoms with E-state index in [1.165, 1.54) is 30.3 Å². The zero-order valence-corrected chi connectivity index (χ0v) is 18.5. The Morgan fingerprint density at radius 2 is 1.88 bits per heavy atom. The Morgan fingerprint density at radius 3 is 2.61 bits per heavy atom. The van der Waals surface area contributed by atoms with Crippen LogP contribution in [0.15, 0.2) is 59.6 Å². The van der Waals surface area contributed by atoms with Crippen molar-refractivity contribution in [2.45, 2.75) is 49.0 Å². The van der Waals surface area contributed by atoms with Gasteiger partial charge in [0, 0.05) is 12.1 Å². The van der Waals surface area contributed by atoms with Gasteiger partial charge in [-0.2, -0.15) is 0 Å². The lowest BCUT2D eigenvalue weighted by Gasteiger charge is -2.36. The maximum atomic E-state index is 13.9. The molecule has 0 saturated carbocycles. The number of rotatable bonds is 8. The van der Waals surface area contributed by atoms with Crippen LogP contribution in [0.3, 0.4) is 0 Å². The summed E-state index contributed by atoms with van der Waals surface area (Å²) in [6.07, 6.45) is 2.36. The highest BCUT2D eigenvalue weighted by molar-refractivity contribution is 7.89. The number of hydrogen-bond donors (Lipinski definition) is 2. The van der Waals surface area contributed by atoms with Crippen molar-refractivity contribution < 1.29 is 27.0 Å². The number of benzene rings is 2. The van der Waals surface area contributed by atoms with Gasteiger partial charge in [-0.05, 0) is 55.7 Å². The number of ether oxygens (including phenoxy) is 1. The van der Waals surface area contributed by atoms with Gasteiger partial charge in [0.1, 0.15) is 22.2 Å². The number of halogens is 2. The van der Waals surface area contributed by atoms with E-state index < -0.39 is 32.9 Å². The average Bonchev–Trinajstić information content (AvgIpc) is 3.28. The molecule has 1 saturated heterocycles. The maximum Gasteiger partial charge on any atom is 0.243 e. The first-order chi connectivity index (χ1) is 15.9. The van der Waals surface area contributed by atoms with Crippen molar-refractivity contribution in [3.63, 3.8) is 0 Å². The van der Waals surface area contributed by atoms with Crippen molar-refractivity contribution >= 4 is 10.0 Å². The van der Waals surface area contributed by atoms with Gasteiger partial charge in [0.2, 0.25) is 10.0 Å². The monoisotopic (exact) mass is 478 g/mol. The fourth-order valence-corrected chi connectivity index (χ4v) is 5.22. The third-order valence-corrected chi connectivity index (χ3v) is 7.11. The van der Waals surface area contributed by atoms with E-state index in [0.29, 0.717) is 31.5 Å². The maximum absolute atomic E-state index is 13.9. The molecule has 1 aliphatic heterocycles. The van der Waals surface area contributed by atoms with Crippen LogP contribution in [-0.4, -0.2) is 53.4 Å². The van der Waals surface area contributed by atoms with Crippen LogP contribution in [0, 0.1) is 11.6 Å². The molecule has 0 aliphatic carbocycles. The third kappa shape index (κ3) is 5.61. The molecule has 0 unspecified atom stereocenters. The standard InChI is InChI=1S/C22H24F2N4O4S/c23-16-7-5-15(6-8-16)20-13-28(27-25-20)12-11-17-9-10-19(21(14-29)32-17)26-33(30,31)22-4-2-1-3-18(22)24/h1-8,13,17,19,21,26,29H,9-12,14H2/t17-,19+,21-/m1/s1. The average molecular weight is 479 g/mol. The Hall–Kier alpha value is -2.73. The molecule has 176 valence electrons. The summed E-state index contributed by atoms with van der Waals surface area (Å²) >= 11 is 0. The lowest BCUT2D eigenvalue weighted by molar-refractivity contribution is -0.0891. The largest absolute Gasteiger partial charge is 0.394 e. The lowest BCUT2D eigenvalue weighted by atomic mass is 9.98. The number of aromatic nitrogens is 3. The van der Waals surface area contributed by atoms with Gasteiger partial charge in [0.15, 0.2) is 0 Å². The predicted octanol–water partition coefficient (Wildman–Crippen LogP) is 2.50. The molecule has 0 bridgehead atoms. The summed E-state index contributed by atoms with van der Waals surface area (Å²) in [5.41, 5.74) is 1.37. The van der Waals surface area contributed by atoms with Gasteiger partial charge in [-0.15, -0.1) is 5.10 Å². The van der Waals surface area contributed by atoms with Crippen LogP contribution in [0.4, 0.5) is 8.78 Å². The molecule has 1 aliphatic rings. The van der Waals surface area contributed by atoms with Gasteiger partial charge in [-0.1, -0.05) is 17.3 Å². The second-order valence-corrected chi connectivity index (χ2v) is 9.56. The minimum Gasteiger partial charge on any atom is -0.394 e. The Kier molecular flexibility index (Phi) is 7.13. The number of sulfonamides is 1. The molecule has 8 nitrogen and oxygen atoms in total. The molecule has 3 aromatic rings. The van der Waals surface area contributed by atoms with E-state index in [2.05, 4.69) is 15.0 Å².